The SMILES string of the molecule is CCN1CCOc2ccccc2C(=O)N[C@@H](CC(=O)N2CCC(O)CC2)C(=O)N[C@@H](c2ccccc2)C1=O. The third-order valence-corrected chi connectivity index (χ3v) is 6.93. The number of likely N-dealkylation sites (tertiary alicyclic amines) is 1. The summed E-state index contributed by atoms with van der Waals surface area (Å²) in [6.07, 6.45) is 0.168. The molecule has 2 aromatic rings. The van der Waals surface area contributed by atoms with Crippen LogP contribution in [0.1, 0.15) is 48.1 Å². The highest BCUT2D eigenvalue weighted by Crippen LogP contribution is 2.21. The van der Waals surface area contributed by atoms with Gasteiger partial charge in [0.2, 0.25) is 17.7 Å². The quantitative estimate of drug-likeness (QED) is 0.555. The van der Waals surface area contributed by atoms with E-state index in [2.05, 4.69) is 10.6 Å². The highest BCUT2D eigenvalue weighted by molar-refractivity contribution is 6.01. The number of ether oxygens (including phenoxy) is 1. The van der Waals surface area contributed by atoms with Crippen LogP contribution in [0.2, 0.25) is 0 Å². The van der Waals surface area contributed by atoms with Gasteiger partial charge in [0.15, 0.2) is 0 Å². The van der Waals surface area contributed by atoms with Crippen molar-refractivity contribution in [3.05, 3.63) is 65.7 Å². The van der Waals surface area contributed by atoms with Crippen molar-refractivity contribution in [3.8, 4) is 5.75 Å². The van der Waals surface area contributed by atoms with E-state index in [1.807, 2.05) is 13.0 Å². The van der Waals surface area contributed by atoms with Gasteiger partial charge in [0.25, 0.3) is 5.91 Å². The van der Waals surface area contributed by atoms with Gasteiger partial charge in [0.1, 0.15) is 24.4 Å². The number of nitrogens with one attached hydrogen (secondary N) is 2. The minimum atomic E-state index is -1.23. The van der Waals surface area contributed by atoms with Gasteiger partial charge in [0.05, 0.1) is 24.6 Å². The molecule has 0 radical (unpaired) electrons. The number of amides is 4. The monoisotopic (exact) mass is 522 g/mol. The summed E-state index contributed by atoms with van der Waals surface area (Å²) in [6.45, 7) is 3.39. The van der Waals surface area contributed by atoms with Gasteiger partial charge in [-0.1, -0.05) is 42.5 Å². The third kappa shape index (κ3) is 6.49. The van der Waals surface area contributed by atoms with Gasteiger partial charge >= 0.3 is 0 Å². The molecule has 0 aliphatic carbocycles. The minimum Gasteiger partial charge on any atom is -0.491 e. The van der Waals surface area contributed by atoms with E-state index >= 15 is 0 Å². The molecule has 4 amide bonds. The van der Waals surface area contributed by atoms with E-state index in [1.54, 1.807) is 58.3 Å². The molecule has 38 heavy (non-hydrogen) atoms. The van der Waals surface area contributed by atoms with Crippen LogP contribution in [0.15, 0.2) is 54.6 Å². The first-order valence-electron chi connectivity index (χ1n) is 13.0. The van der Waals surface area contributed by atoms with E-state index in [0.29, 0.717) is 43.8 Å². The molecule has 0 spiro atoms. The second-order valence-electron chi connectivity index (χ2n) is 9.46. The second kappa shape index (κ2) is 12.6. The molecule has 2 aliphatic heterocycles. The van der Waals surface area contributed by atoms with Crippen LogP contribution in [-0.2, 0) is 14.4 Å². The number of hydrogen-bond acceptors (Lipinski definition) is 6. The number of hydrogen-bond donors (Lipinski definition) is 3. The van der Waals surface area contributed by atoms with E-state index in [4.69, 9.17) is 4.74 Å². The largest absolute Gasteiger partial charge is 0.491 e. The topological polar surface area (TPSA) is 128 Å². The Balaban J connectivity index is 1.67. The van der Waals surface area contributed by atoms with Crippen molar-refractivity contribution in [3.63, 3.8) is 0 Å². The maximum Gasteiger partial charge on any atom is 0.255 e. The molecule has 0 aromatic heterocycles. The fourth-order valence-electron chi connectivity index (χ4n) is 4.69. The summed E-state index contributed by atoms with van der Waals surface area (Å²) in [5.41, 5.74) is 0.817. The van der Waals surface area contributed by atoms with Crippen LogP contribution in [0, 0.1) is 0 Å². The Hall–Kier alpha value is -3.92. The van der Waals surface area contributed by atoms with Crippen molar-refractivity contribution < 1.29 is 29.0 Å². The maximum atomic E-state index is 13.6. The minimum absolute atomic E-state index is 0.155. The number of aliphatic hydroxyl groups is 1. The van der Waals surface area contributed by atoms with E-state index in [-0.39, 0.29) is 37.0 Å². The Morgan fingerprint density at radius 2 is 1.66 bits per heavy atom. The van der Waals surface area contributed by atoms with E-state index in [0.717, 1.165) is 0 Å². The highest BCUT2D eigenvalue weighted by atomic mass is 16.5. The first-order chi connectivity index (χ1) is 18.4. The predicted octanol–water partition coefficient (Wildman–Crippen LogP) is 1.26. The zero-order valence-corrected chi connectivity index (χ0v) is 21.5. The van der Waals surface area contributed by atoms with Gasteiger partial charge in [-0.2, -0.15) is 0 Å². The Bertz CT molecular complexity index is 1150. The molecule has 0 bridgehead atoms. The Kier molecular flexibility index (Phi) is 8.96. The van der Waals surface area contributed by atoms with Gasteiger partial charge in [-0.3, -0.25) is 19.2 Å². The molecule has 1 saturated heterocycles. The number of nitrogens with zero attached hydrogens (tertiary/aromatic N) is 2. The summed E-state index contributed by atoms with van der Waals surface area (Å²) in [5, 5.41) is 15.3. The van der Waals surface area contributed by atoms with Gasteiger partial charge < -0.3 is 30.3 Å². The van der Waals surface area contributed by atoms with Crippen LogP contribution in [0.4, 0.5) is 0 Å². The van der Waals surface area contributed by atoms with E-state index in [1.165, 1.54) is 0 Å². The zero-order chi connectivity index (χ0) is 27.1. The Morgan fingerprint density at radius 1 is 0.974 bits per heavy atom. The third-order valence-electron chi connectivity index (χ3n) is 6.93. The lowest BCUT2D eigenvalue weighted by Crippen LogP contribution is -2.53. The first kappa shape index (κ1) is 27.1. The molecule has 202 valence electrons. The summed E-state index contributed by atoms with van der Waals surface area (Å²) < 4.78 is 5.88. The number of para-hydroxylation sites is 1. The number of rotatable bonds is 4. The van der Waals surface area contributed by atoms with Crippen molar-refractivity contribution >= 4 is 23.6 Å². The maximum absolute atomic E-state index is 13.6. The number of aliphatic hydroxyl groups excluding tert-OH is 1. The molecule has 10 heteroatoms. The van der Waals surface area contributed by atoms with E-state index < -0.39 is 30.0 Å². The number of carbonyl (C=O) groups is 4. The van der Waals surface area contributed by atoms with Crippen molar-refractivity contribution in [1.82, 2.24) is 20.4 Å². The number of benzene rings is 2. The lowest BCUT2D eigenvalue weighted by atomic mass is 10.0. The Labute approximate surface area is 221 Å². The van der Waals surface area contributed by atoms with Gasteiger partial charge in [-0.15, -0.1) is 0 Å². The van der Waals surface area contributed by atoms with Crippen LogP contribution in [-0.4, -0.2) is 83.5 Å². The summed E-state index contributed by atoms with van der Waals surface area (Å²) in [6, 6.07) is 13.3. The average molecular weight is 523 g/mol. The second-order valence-corrected chi connectivity index (χ2v) is 9.46. The molecular formula is C28H34N4O6. The molecule has 0 saturated carbocycles. The molecule has 2 aliphatic rings. The van der Waals surface area contributed by atoms with Crippen LogP contribution < -0.4 is 15.4 Å². The molecule has 1 fully saturated rings. The van der Waals surface area contributed by atoms with Crippen molar-refractivity contribution in [2.75, 3.05) is 32.8 Å². The lowest BCUT2D eigenvalue weighted by Gasteiger charge is -2.31. The number of fused-ring (bicyclic) bond motifs is 1. The molecule has 2 aromatic carbocycles. The van der Waals surface area contributed by atoms with Crippen molar-refractivity contribution in [1.29, 1.82) is 0 Å². The molecule has 0 unspecified atom stereocenters. The van der Waals surface area contributed by atoms with Crippen molar-refractivity contribution in [2.24, 2.45) is 0 Å². The number of likely N-dealkylation sites (N-methyl/N-ethyl adjacent to an activating group) is 1. The molecule has 3 N–H and O–H groups in total. The summed E-state index contributed by atoms with van der Waals surface area (Å²) in [4.78, 5) is 56.8. The normalized spacial score (nSPS) is 21.7. The van der Waals surface area contributed by atoms with Crippen LogP contribution in [0.25, 0.3) is 0 Å². The van der Waals surface area contributed by atoms with Gasteiger partial charge in [-0.25, -0.2) is 0 Å². The smallest absolute Gasteiger partial charge is 0.255 e. The van der Waals surface area contributed by atoms with Gasteiger partial charge in [0, 0.05) is 19.6 Å². The molecule has 10 nitrogen and oxygen atoms in total. The molecule has 4 rings (SSSR count). The molecular weight excluding hydrogens is 488 g/mol. The fraction of sp³-hybridized carbons (Fsp3) is 0.429. The highest BCUT2D eigenvalue weighted by Gasteiger charge is 2.34. The predicted molar refractivity (Wildman–Crippen MR) is 139 cm³/mol. The summed E-state index contributed by atoms with van der Waals surface area (Å²) in [7, 11) is 0. The molecule has 2 heterocycles. The van der Waals surface area contributed by atoms with Crippen LogP contribution in [0.3, 0.4) is 0 Å². The van der Waals surface area contributed by atoms with Crippen LogP contribution in [0.5, 0.6) is 5.75 Å². The average Bonchev–Trinajstić information content (AvgIpc) is 2.94. The zero-order valence-electron chi connectivity index (χ0n) is 21.5. The first-order valence-corrected chi connectivity index (χ1v) is 13.0. The van der Waals surface area contributed by atoms with E-state index in [9.17, 15) is 24.3 Å². The molecule has 2 atom stereocenters. The van der Waals surface area contributed by atoms with Gasteiger partial charge in [-0.05, 0) is 37.5 Å². The number of carbonyl (C=O) groups excluding carboxylic acids is 4. The van der Waals surface area contributed by atoms with Crippen LogP contribution >= 0.6 is 0 Å². The summed E-state index contributed by atoms with van der Waals surface area (Å²) in [5.74, 6) is -1.51. The number of piperidine rings is 1. The fourth-order valence-corrected chi connectivity index (χ4v) is 4.69. The van der Waals surface area contributed by atoms with Crippen molar-refractivity contribution in [2.45, 2.75) is 44.4 Å². The Morgan fingerprint density at radius 3 is 2.37 bits per heavy atom. The standard InChI is InChI=1S/C28H34N4O6/c1-2-31-16-17-38-23-11-7-6-10-21(23)26(35)29-22(18-24(34)32-14-12-20(33)13-15-32)27(36)30-25(28(31)37)19-8-4-3-5-9-19/h3-11,20,22,25,33H,2,12-18H2,1H3,(H,29,35)(H,30,36)/t22-,25-/m0/s1. The summed E-state index contributed by atoms with van der Waals surface area (Å²) >= 11 is 0. The lowest BCUT2D eigenvalue weighted by molar-refractivity contribution is -0.138.